The van der Waals surface area contributed by atoms with Crippen LogP contribution >= 0.6 is 11.3 Å². The number of nitrogens with two attached hydrogens (primary N) is 1. The summed E-state index contributed by atoms with van der Waals surface area (Å²) in [5, 5.41) is 10.9. The van der Waals surface area contributed by atoms with Gasteiger partial charge < -0.3 is 10.6 Å². The molecule has 86 valence electrons. The number of hydrogen-bond acceptors (Lipinski definition) is 4. The molecule has 1 heterocycles. The van der Waals surface area contributed by atoms with Gasteiger partial charge in [0.1, 0.15) is 0 Å². The molecule has 0 atom stereocenters. The van der Waals surface area contributed by atoms with Crippen molar-refractivity contribution in [1.29, 1.82) is 5.26 Å². The second-order valence-corrected chi connectivity index (χ2v) is 4.85. The quantitative estimate of drug-likeness (QED) is 0.843. The fourth-order valence-corrected chi connectivity index (χ4v) is 2.42. The molecule has 0 aliphatic carbocycles. The van der Waals surface area contributed by atoms with E-state index in [1.807, 2.05) is 19.2 Å². The third kappa shape index (κ3) is 2.58. The molecular formula is C13H13N3S. The SMILES string of the molecule is CN(Cc1cccs1)c1cc(C#N)ccc1N. The van der Waals surface area contributed by atoms with Gasteiger partial charge in [-0.1, -0.05) is 6.07 Å². The van der Waals surface area contributed by atoms with Crippen LogP contribution in [0.4, 0.5) is 11.4 Å². The van der Waals surface area contributed by atoms with E-state index in [2.05, 4.69) is 22.4 Å². The van der Waals surface area contributed by atoms with E-state index < -0.39 is 0 Å². The van der Waals surface area contributed by atoms with Crippen molar-refractivity contribution in [3.05, 3.63) is 46.2 Å². The minimum Gasteiger partial charge on any atom is -0.397 e. The van der Waals surface area contributed by atoms with Gasteiger partial charge in [0.2, 0.25) is 0 Å². The van der Waals surface area contributed by atoms with Crippen molar-refractivity contribution in [3.63, 3.8) is 0 Å². The standard InChI is InChI=1S/C13H13N3S/c1-16(9-11-3-2-6-17-11)13-7-10(8-14)4-5-12(13)15/h2-7H,9,15H2,1H3. The maximum Gasteiger partial charge on any atom is 0.0992 e. The summed E-state index contributed by atoms with van der Waals surface area (Å²) in [6.07, 6.45) is 0. The van der Waals surface area contributed by atoms with Crippen LogP contribution in [0, 0.1) is 11.3 Å². The van der Waals surface area contributed by atoms with Gasteiger partial charge in [-0.2, -0.15) is 5.26 Å². The molecule has 4 heteroatoms. The Balaban J connectivity index is 2.24. The first-order valence-corrected chi connectivity index (χ1v) is 6.12. The maximum atomic E-state index is 8.88. The molecule has 0 fully saturated rings. The molecule has 0 bridgehead atoms. The molecule has 0 aliphatic rings. The van der Waals surface area contributed by atoms with Gasteiger partial charge in [-0.15, -0.1) is 11.3 Å². The highest BCUT2D eigenvalue weighted by Crippen LogP contribution is 2.25. The Morgan fingerprint density at radius 3 is 2.88 bits per heavy atom. The van der Waals surface area contributed by atoms with Crippen LogP contribution in [-0.4, -0.2) is 7.05 Å². The van der Waals surface area contributed by atoms with E-state index in [-0.39, 0.29) is 0 Å². The number of nitrogen functional groups attached to an aromatic ring is 1. The number of nitriles is 1. The van der Waals surface area contributed by atoms with Crippen LogP contribution in [0.3, 0.4) is 0 Å². The van der Waals surface area contributed by atoms with Gasteiger partial charge in [0.25, 0.3) is 0 Å². The van der Waals surface area contributed by atoms with Gasteiger partial charge >= 0.3 is 0 Å². The van der Waals surface area contributed by atoms with Crippen LogP contribution in [-0.2, 0) is 6.54 Å². The first-order valence-electron chi connectivity index (χ1n) is 5.24. The lowest BCUT2D eigenvalue weighted by Gasteiger charge is -2.20. The molecule has 2 N–H and O–H groups in total. The fourth-order valence-electron chi connectivity index (χ4n) is 1.67. The summed E-state index contributed by atoms with van der Waals surface area (Å²) < 4.78 is 0. The van der Waals surface area contributed by atoms with Crippen molar-refractivity contribution in [2.45, 2.75) is 6.54 Å². The van der Waals surface area contributed by atoms with Crippen molar-refractivity contribution in [3.8, 4) is 6.07 Å². The first kappa shape index (κ1) is 11.5. The van der Waals surface area contributed by atoms with Crippen molar-refractivity contribution >= 4 is 22.7 Å². The van der Waals surface area contributed by atoms with Gasteiger partial charge in [-0.25, -0.2) is 0 Å². The van der Waals surface area contributed by atoms with Gasteiger partial charge in [-0.3, -0.25) is 0 Å². The summed E-state index contributed by atoms with van der Waals surface area (Å²) in [6, 6.07) is 11.6. The summed E-state index contributed by atoms with van der Waals surface area (Å²) in [5.74, 6) is 0. The molecule has 17 heavy (non-hydrogen) atoms. The van der Waals surface area contributed by atoms with Crippen LogP contribution in [0.2, 0.25) is 0 Å². The van der Waals surface area contributed by atoms with Crippen LogP contribution in [0.1, 0.15) is 10.4 Å². The molecule has 0 aliphatic heterocycles. The number of anilines is 2. The molecular weight excluding hydrogens is 230 g/mol. The summed E-state index contributed by atoms with van der Waals surface area (Å²) in [5.41, 5.74) is 8.16. The molecule has 0 amide bonds. The van der Waals surface area contributed by atoms with E-state index in [0.717, 1.165) is 12.2 Å². The van der Waals surface area contributed by atoms with Crippen molar-refractivity contribution < 1.29 is 0 Å². The van der Waals surface area contributed by atoms with Gasteiger partial charge in [0, 0.05) is 11.9 Å². The molecule has 0 radical (unpaired) electrons. The summed E-state index contributed by atoms with van der Waals surface area (Å²) in [7, 11) is 1.98. The minimum atomic E-state index is 0.632. The zero-order chi connectivity index (χ0) is 12.3. The molecule has 1 aromatic heterocycles. The molecule has 1 aromatic carbocycles. The molecule has 0 saturated carbocycles. The number of hydrogen-bond donors (Lipinski definition) is 1. The van der Waals surface area contributed by atoms with E-state index >= 15 is 0 Å². The number of benzene rings is 1. The van der Waals surface area contributed by atoms with Crippen LogP contribution in [0.25, 0.3) is 0 Å². The third-order valence-corrected chi connectivity index (χ3v) is 3.41. The Bertz CT molecular complexity index is 540. The Morgan fingerprint density at radius 2 is 2.24 bits per heavy atom. The van der Waals surface area contributed by atoms with Crippen molar-refractivity contribution in [2.24, 2.45) is 0 Å². The normalized spacial score (nSPS) is 9.88. The Labute approximate surface area is 105 Å². The van der Waals surface area contributed by atoms with Gasteiger partial charge in [0.15, 0.2) is 0 Å². The number of rotatable bonds is 3. The molecule has 0 unspecified atom stereocenters. The fraction of sp³-hybridized carbons (Fsp3) is 0.154. The topological polar surface area (TPSA) is 53.0 Å². The molecule has 3 nitrogen and oxygen atoms in total. The van der Waals surface area contributed by atoms with E-state index in [0.29, 0.717) is 11.3 Å². The van der Waals surface area contributed by atoms with Gasteiger partial charge in [-0.05, 0) is 29.6 Å². The van der Waals surface area contributed by atoms with E-state index in [1.165, 1.54) is 4.88 Å². The number of thiophene rings is 1. The van der Waals surface area contributed by atoms with E-state index in [1.54, 1.807) is 23.5 Å². The molecule has 0 saturated heterocycles. The zero-order valence-electron chi connectivity index (χ0n) is 9.55. The lowest BCUT2D eigenvalue weighted by molar-refractivity contribution is 0.942. The van der Waals surface area contributed by atoms with Crippen LogP contribution < -0.4 is 10.6 Å². The summed E-state index contributed by atoms with van der Waals surface area (Å²) >= 11 is 1.71. The third-order valence-electron chi connectivity index (χ3n) is 2.54. The highest BCUT2D eigenvalue weighted by Gasteiger charge is 2.07. The van der Waals surface area contributed by atoms with E-state index in [4.69, 9.17) is 11.0 Å². The second-order valence-electron chi connectivity index (χ2n) is 3.82. The Hall–Kier alpha value is -1.99. The largest absolute Gasteiger partial charge is 0.397 e. The Kier molecular flexibility index (Phi) is 3.31. The lowest BCUT2D eigenvalue weighted by Crippen LogP contribution is -2.17. The van der Waals surface area contributed by atoms with Crippen molar-refractivity contribution in [1.82, 2.24) is 0 Å². The molecule has 2 rings (SSSR count). The predicted octanol–water partition coefficient (Wildman–Crippen LogP) is 2.84. The van der Waals surface area contributed by atoms with Gasteiger partial charge in [0.05, 0.1) is 29.6 Å². The van der Waals surface area contributed by atoms with Crippen LogP contribution in [0.15, 0.2) is 35.7 Å². The molecule has 0 spiro atoms. The second kappa shape index (κ2) is 4.89. The average molecular weight is 243 g/mol. The summed E-state index contributed by atoms with van der Waals surface area (Å²) in [4.78, 5) is 3.33. The first-order chi connectivity index (χ1) is 8.20. The monoisotopic (exact) mass is 243 g/mol. The highest BCUT2D eigenvalue weighted by atomic mass is 32.1. The lowest BCUT2D eigenvalue weighted by atomic mass is 10.1. The Morgan fingerprint density at radius 1 is 1.41 bits per heavy atom. The minimum absolute atomic E-state index is 0.632. The van der Waals surface area contributed by atoms with Crippen LogP contribution in [0.5, 0.6) is 0 Å². The maximum absolute atomic E-state index is 8.88. The highest BCUT2D eigenvalue weighted by molar-refractivity contribution is 7.09. The zero-order valence-corrected chi connectivity index (χ0v) is 10.4. The molecule has 2 aromatic rings. The number of nitrogens with zero attached hydrogens (tertiary/aromatic N) is 2. The van der Waals surface area contributed by atoms with E-state index in [9.17, 15) is 0 Å². The predicted molar refractivity (Wildman–Crippen MR) is 72.0 cm³/mol. The average Bonchev–Trinajstić information content (AvgIpc) is 2.82. The summed E-state index contributed by atoms with van der Waals surface area (Å²) in [6.45, 7) is 0.802. The smallest absolute Gasteiger partial charge is 0.0992 e. The van der Waals surface area contributed by atoms with Crippen molar-refractivity contribution in [2.75, 3.05) is 17.7 Å².